The van der Waals surface area contributed by atoms with Gasteiger partial charge in [0, 0.05) is 36.7 Å². The van der Waals surface area contributed by atoms with Crippen molar-refractivity contribution >= 4 is 11.8 Å². The molecule has 6 nitrogen and oxygen atoms in total. The van der Waals surface area contributed by atoms with Crippen molar-refractivity contribution in [3.05, 3.63) is 35.6 Å². The van der Waals surface area contributed by atoms with Crippen molar-refractivity contribution in [1.82, 2.24) is 14.7 Å². The number of hydrogen-bond acceptors (Lipinski definition) is 4. The minimum Gasteiger partial charge on any atom is -0.330 e. The zero-order valence-electron chi connectivity index (χ0n) is 17.4. The highest BCUT2D eigenvalue weighted by Gasteiger charge is 2.55. The first-order valence-electron chi connectivity index (χ1n) is 10.9. The molecule has 2 bridgehead atoms. The van der Waals surface area contributed by atoms with Crippen molar-refractivity contribution in [2.45, 2.75) is 63.3 Å². The van der Waals surface area contributed by atoms with Crippen LogP contribution in [0.25, 0.3) is 0 Å². The lowest BCUT2D eigenvalue weighted by Gasteiger charge is -2.38. The van der Waals surface area contributed by atoms with Crippen molar-refractivity contribution in [2.75, 3.05) is 13.1 Å². The highest BCUT2D eigenvalue weighted by molar-refractivity contribution is 5.86. The molecule has 3 heterocycles. The van der Waals surface area contributed by atoms with Crippen LogP contribution in [-0.4, -0.2) is 63.8 Å². The number of amides is 2. The first kappa shape index (κ1) is 19.5. The number of piperazine rings is 1. The molecule has 5 rings (SSSR count). The molecule has 0 spiro atoms. The predicted octanol–water partition coefficient (Wildman–Crippen LogP) is 2.32. The second-order valence-corrected chi connectivity index (χ2v) is 9.39. The average molecular weight is 410 g/mol. The summed E-state index contributed by atoms with van der Waals surface area (Å²) in [6.07, 6.45) is 2.55. The van der Waals surface area contributed by atoms with E-state index >= 15 is 0 Å². The van der Waals surface area contributed by atoms with Gasteiger partial charge in [-0.2, -0.15) is 5.26 Å². The number of hydrogen-bond donors (Lipinski definition) is 0. The molecule has 7 atom stereocenters. The highest BCUT2D eigenvalue weighted by Crippen LogP contribution is 2.48. The van der Waals surface area contributed by atoms with Gasteiger partial charge >= 0.3 is 0 Å². The van der Waals surface area contributed by atoms with Crippen LogP contribution < -0.4 is 0 Å². The smallest absolute Gasteiger partial charge is 0.240 e. The summed E-state index contributed by atoms with van der Waals surface area (Å²) in [5, 5.41) is 9.37. The molecule has 7 heteroatoms. The van der Waals surface area contributed by atoms with E-state index in [9.17, 15) is 19.2 Å². The Kier molecular flexibility index (Phi) is 4.59. The molecule has 1 aromatic rings. The van der Waals surface area contributed by atoms with Gasteiger partial charge in [-0.25, -0.2) is 4.39 Å². The van der Waals surface area contributed by atoms with E-state index in [2.05, 4.69) is 11.0 Å². The Morgan fingerprint density at radius 1 is 1.27 bits per heavy atom. The number of benzene rings is 1. The van der Waals surface area contributed by atoms with Gasteiger partial charge in [-0.1, -0.05) is 25.1 Å². The zero-order valence-corrected chi connectivity index (χ0v) is 17.4. The molecule has 2 amide bonds. The van der Waals surface area contributed by atoms with E-state index < -0.39 is 0 Å². The maximum atomic E-state index is 14.2. The second-order valence-electron chi connectivity index (χ2n) is 9.39. The molecule has 1 aliphatic carbocycles. The molecule has 2 unspecified atom stereocenters. The van der Waals surface area contributed by atoms with Gasteiger partial charge < -0.3 is 9.80 Å². The standard InChI is InChI=1S/C23H27FN4O2/c1-13(22(29)28-16(10-25)7-15-8-20(15)28)11-26-12-17-9-21(26)23(30)27(17)14(2)18-5-3-4-6-19(18)24/h3-6,13-17,20-21H,7-9,11-12H2,1-2H3/t13-,14-,15+,16-,17?,20?,21-/m0/s1. The van der Waals surface area contributed by atoms with Crippen LogP contribution in [0.5, 0.6) is 0 Å². The van der Waals surface area contributed by atoms with E-state index in [1.165, 1.54) is 6.07 Å². The van der Waals surface area contributed by atoms with Crippen molar-refractivity contribution in [3.63, 3.8) is 0 Å². The number of nitriles is 1. The molecular weight excluding hydrogens is 383 g/mol. The maximum Gasteiger partial charge on any atom is 0.240 e. The molecule has 158 valence electrons. The molecule has 0 N–H and O–H groups in total. The number of fused-ring (bicyclic) bond motifs is 3. The summed E-state index contributed by atoms with van der Waals surface area (Å²) in [6.45, 7) is 5.03. The monoisotopic (exact) mass is 410 g/mol. The number of carbonyl (C=O) groups is 2. The molecule has 4 fully saturated rings. The van der Waals surface area contributed by atoms with Crippen molar-refractivity contribution < 1.29 is 14.0 Å². The molecule has 3 saturated heterocycles. The summed E-state index contributed by atoms with van der Waals surface area (Å²) in [6, 6.07) is 8.36. The second kappa shape index (κ2) is 7.05. The fourth-order valence-electron chi connectivity index (χ4n) is 5.94. The highest BCUT2D eigenvalue weighted by atomic mass is 19.1. The van der Waals surface area contributed by atoms with Gasteiger partial charge in [-0.3, -0.25) is 14.5 Å². The molecule has 3 aliphatic heterocycles. The predicted molar refractivity (Wildman–Crippen MR) is 107 cm³/mol. The van der Waals surface area contributed by atoms with Crippen molar-refractivity contribution in [3.8, 4) is 6.07 Å². The van der Waals surface area contributed by atoms with Gasteiger partial charge in [0.15, 0.2) is 0 Å². The number of rotatable bonds is 5. The molecule has 1 saturated carbocycles. The fourth-order valence-corrected chi connectivity index (χ4v) is 5.94. The Balaban J connectivity index is 1.24. The van der Waals surface area contributed by atoms with Crippen LogP contribution in [0.2, 0.25) is 0 Å². The summed E-state index contributed by atoms with van der Waals surface area (Å²) in [7, 11) is 0. The summed E-state index contributed by atoms with van der Waals surface area (Å²) in [4.78, 5) is 31.9. The molecule has 30 heavy (non-hydrogen) atoms. The number of halogens is 1. The van der Waals surface area contributed by atoms with E-state index in [4.69, 9.17) is 0 Å². The Bertz CT molecular complexity index is 930. The Morgan fingerprint density at radius 3 is 2.73 bits per heavy atom. The largest absolute Gasteiger partial charge is 0.330 e. The van der Waals surface area contributed by atoms with Gasteiger partial charge in [0.05, 0.1) is 18.2 Å². The van der Waals surface area contributed by atoms with E-state index in [-0.39, 0.29) is 53.8 Å². The van der Waals surface area contributed by atoms with Crippen LogP contribution >= 0.6 is 0 Å². The summed E-state index contributed by atoms with van der Waals surface area (Å²) in [5.74, 6) is 0.0411. The topological polar surface area (TPSA) is 67.7 Å². The average Bonchev–Trinajstić information content (AvgIpc) is 3.07. The van der Waals surface area contributed by atoms with Gasteiger partial charge in [-0.05, 0) is 38.2 Å². The quantitative estimate of drug-likeness (QED) is 0.747. The van der Waals surface area contributed by atoms with Crippen LogP contribution in [0.4, 0.5) is 4.39 Å². The number of carbonyl (C=O) groups excluding carboxylic acids is 2. The third-order valence-corrected chi connectivity index (χ3v) is 7.52. The minimum absolute atomic E-state index is 0.0278. The fraction of sp³-hybridized carbons (Fsp3) is 0.609. The Morgan fingerprint density at radius 2 is 2.03 bits per heavy atom. The number of likely N-dealkylation sites (tertiary alicyclic amines) is 3. The summed E-state index contributed by atoms with van der Waals surface area (Å²) in [5.41, 5.74) is 0.545. The lowest BCUT2D eigenvalue weighted by atomic mass is 10.0. The van der Waals surface area contributed by atoms with Crippen LogP contribution in [0.3, 0.4) is 0 Å². The van der Waals surface area contributed by atoms with Gasteiger partial charge in [0.2, 0.25) is 11.8 Å². The summed E-state index contributed by atoms with van der Waals surface area (Å²) >= 11 is 0. The summed E-state index contributed by atoms with van der Waals surface area (Å²) < 4.78 is 14.2. The molecule has 0 radical (unpaired) electrons. The normalized spacial score (nSPS) is 34.1. The Labute approximate surface area is 176 Å². The van der Waals surface area contributed by atoms with Crippen molar-refractivity contribution in [1.29, 1.82) is 5.26 Å². The van der Waals surface area contributed by atoms with E-state index in [1.807, 2.05) is 18.7 Å². The molecule has 1 aromatic carbocycles. The van der Waals surface area contributed by atoms with E-state index in [0.29, 0.717) is 24.6 Å². The van der Waals surface area contributed by atoms with Gasteiger partial charge in [-0.15, -0.1) is 0 Å². The van der Waals surface area contributed by atoms with Gasteiger partial charge in [0.25, 0.3) is 0 Å². The van der Waals surface area contributed by atoms with E-state index in [1.54, 1.807) is 23.1 Å². The van der Waals surface area contributed by atoms with Gasteiger partial charge in [0.1, 0.15) is 11.9 Å². The first-order chi connectivity index (χ1) is 14.4. The molecule has 0 aromatic heterocycles. The Hall–Kier alpha value is -2.46. The molecule has 4 aliphatic rings. The first-order valence-corrected chi connectivity index (χ1v) is 10.9. The van der Waals surface area contributed by atoms with Crippen LogP contribution in [0.15, 0.2) is 24.3 Å². The van der Waals surface area contributed by atoms with Crippen molar-refractivity contribution in [2.24, 2.45) is 11.8 Å². The number of piperidine rings is 1. The SMILES string of the molecule is C[C@@H](CN1CC2C[C@H]1C(=O)N2[C@@H](C)c1ccccc1F)C(=O)N1C2C[C@H]2C[C@H]1C#N. The van der Waals surface area contributed by atoms with Crippen LogP contribution in [-0.2, 0) is 9.59 Å². The third-order valence-electron chi connectivity index (χ3n) is 7.52. The maximum absolute atomic E-state index is 14.2. The lowest BCUT2D eigenvalue weighted by Crippen LogP contribution is -2.53. The minimum atomic E-state index is -0.303. The third kappa shape index (κ3) is 2.92. The zero-order chi connectivity index (χ0) is 21.2. The van der Waals surface area contributed by atoms with Crippen LogP contribution in [0, 0.1) is 29.0 Å². The number of nitrogens with zero attached hydrogens (tertiary/aromatic N) is 4. The lowest BCUT2D eigenvalue weighted by molar-refractivity contribution is -0.142. The van der Waals surface area contributed by atoms with Crippen LogP contribution in [0.1, 0.15) is 44.7 Å². The van der Waals surface area contributed by atoms with E-state index in [0.717, 1.165) is 19.3 Å². The molecular formula is C23H27FN4O2.